The molecule has 0 saturated heterocycles. The van der Waals surface area contributed by atoms with Crippen LogP contribution in [0.1, 0.15) is 16.2 Å². The fourth-order valence-corrected chi connectivity index (χ4v) is 4.16. The highest BCUT2D eigenvalue weighted by Crippen LogP contribution is 2.27. The molecule has 0 spiro atoms. The Bertz CT molecular complexity index is 1450. The maximum Gasteiger partial charge on any atom is 0.270 e. The third-order valence-corrected chi connectivity index (χ3v) is 5.81. The molecule has 0 aliphatic heterocycles. The van der Waals surface area contributed by atoms with E-state index in [0.29, 0.717) is 27.9 Å². The number of aromatic nitrogens is 1. The van der Waals surface area contributed by atoms with Crippen LogP contribution in [0.25, 0.3) is 17.4 Å². The Balaban J connectivity index is 1.46. The fraction of sp³-hybridized carbons (Fsp3) is 0.0417. The molecular formula is C24H15ClN4O4S. The second-order valence-corrected chi connectivity index (χ2v) is 8.62. The summed E-state index contributed by atoms with van der Waals surface area (Å²) in [4.78, 5) is 28.2. The summed E-state index contributed by atoms with van der Waals surface area (Å²) >= 11 is 7.32. The number of hydrogen-bond donors (Lipinski definition) is 1. The molecule has 4 rings (SSSR count). The monoisotopic (exact) mass is 490 g/mol. The van der Waals surface area contributed by atoms with Gasteiger partial charge in [0, 0.05) is 46.3 Å². The number of nitriles is 1. The van der Waals surface area contributed by atoms with E-state index in [1.807, 2.05) is 24.3 Å². The van der Waals surface area contributed by atoms with Crippen LogP contribution in [0.4, 0.5) is 10.8 Å². The van der Waals surface area contributed by atoms with Gasteiger partial charge in [-0.3, -0.25) is 20.2 Å². The van der Waals surface area contributed by atoms with Crippen LogP contribution in [0.5, 0.6) is 0 Å². The standard InChI is InChI=1S/C24H15ClN4O4S/c25-18-5-1-3-15(9-18)10-21-14-27-24(34-21)28-23(30)17(13-26)12-20-7-8-22(33-20)16-4-2-6-19(11-16)29(31)32/h1-9,11-12,14H,10H2,(H,27,28,30)/b17-12-. The Morgan fingerprint density at radius 3 is 2.82 bits per heavy atom. The Morgan fingerprint density at radius 1 is 1.24 bits per heavy atom. The highest BCUT2D eigenvalue weighted by Gasteiger charge is 2.15. The molecule has 0 fully saturated rings. The average molecular weight is 491 g/mol. The number of nitrogens with zero attached hydrogens (tertiary/aromatic N) is 3. The minimum atomic E-state index is -0.626. The molecule has 1 N–H and O–H groups in total. The number of hydrogen-bond acceptors (Lipinski definition) is 7. The molecule has 2 aromatic heterocycles. The summed E-state index contributed by atoms with van der Waals surface area (Å²) in [6.07, 6.45) is 3.58. The number of nitrogens with one attached hydrogen (secondary N) is 1. The van der Waals surface area contributed by atoms with E-state index in [1.54, 1.807) is 36.5 Å². The summed E-state index contributed by atoms with van der Waals surface area (Å²) in [6, 6.07) is 18.5. The van der Waals surface area contributed by atoms with E-state index in [1.165, 1.54) is 29.5 Å². The van der Waals surface area contributed by atoms with Crippen LogP contribution in [-0.4, -0.2) is 15.8 Å². The summed E-state index contributed by atoms with van der Waals surface area (Å²) in [6.45, 7) is 0. The molecule has 0 aliphatic rings. The number of benzene rings is 2. The van der Waals surface area contributed by atoms with E-state index in [9.17, 15) is 20.2 Å². The van der Waals surface area contributed by atoms with Crippen molar-refractivity contribution in [2.24, 2.45) is 0 Å². The number of carbonyl (C=O) groups excluding carboxylic acids is 1. The molecule has 2 heterocycles. The Hall–Kier alpha value is -4.26. The van der Waals surface area contributed by atoms with Crippen LogP contribution in [0.2, 0.25) is 5.02 Å². The maximum absolute atomic E-state index is 12.6. The molecule has 0 aliphatic carbocycles. The zero-order valence-electron chi connectivity index (χ0n) is 17.4. The van der Waals surface area contributed by atoms with Gasteiger partial charge < -0.3 is 4.42 Å². The minimum absolute atomic E-state index is 0.0683. The second-order valence-electron chi connectivity index (χ2n) is 7.07. The van der Waals surface area contributed by atoms with Crippen molar-refractivity contribution in [1.82, 2.24) is 4.98 Å². The molecule has 0 atom stereocenters. The molecule has 34 heavy (non-hydrogen) atoms. The van der Waals surface area contributed by atoms with Gasteiger partial charge in [-0.1, -0.05) is 35.9 Å². The van der Waals surface area contributed by atoms with Gasteiger partial charge in [0.1, 0.15) is 23.2 Å². The lowest BCUT2D eigenvalue weighted by molar-refractivity contribution is -0.384. The van der Waals surface area contributed by atoms with Gasteiger partial charge in [-0.15, -0.1) is 11.3 Å². The first-order valence-electron chi connectivity index (χ1n) is 9.88. The van der Waals surface area contributed by atoms with Gasteiger partial charge in [0.25, 0.3) is 11.6 Å². The number of nitro groups is 1. The fourth-order valence-electron chi connectivity index (χ4n) is 3.11. The van der Waals surface area contributed by atoms with E-state index in [4.69, 9.17) is 16.0 Å². The predicted molar refractivity (Wildman–Crippen MR) is 129 cm³/mol. The zero-order valence-corrected chi connectivity index (χ0v) is 19.0. The number of amides is 1. The molecule has 8 nitrogen and oxygen atoms in total. The maximum atomic E-state index is 12.6. The molecule has 168 valence electrons. The van der Waals surface area contributed by atoms with Gasteiger partial charge in [0.05, 0.1) is 4.92 Å². The van der Waals surface area contributed by atoms with Gasteiger partial charge in [-0.2, -0.15) is 5.26 Å². The predicted octanol–water partition coefficient (Wildman–Crippen LogP) is 6.10. The van der Waals surface area contributed by atoms with Crippen LogP contribution in [0.15, 0.2) is 76.9 Å². The van der Waals surface area contributed by atoms with Crippen molar-refractivity contribution in [3.8, 4) is 17.4 Å². The van der Waals surface area contributed by atoms with E-state index < -0.39 is 10.8 Å². The van der Waals surface area contributed by atoms with E-state index in [-0.39, 0.29) is 17.0 Å². The topological polar surface area (TPSA) is 122 Å². The number of nitro benzene ring substituents is 1. The highest BCUT2D eigenvalue weighted by atomic mass is 35.5. The number of furan rings is 1. The highest BCUT2D eigenvalue weighted by molar-refractivity contribution is 7.15. The molecule has 1 amide bonds. The second kappa shape index (κ2) is 10.1. The normalized spacial score (nSPS) is 11.1. The summed E-state index contributed by atoms with van der Waals surface area (Å²) in [7, 11) is 0. The van der Waals surface area contributed by atoms with E-state index >= 15 is 0 Å². The number of anilines is 1. The largest absolute Gasteiger partial charge is 0.457 e. The van der Waals surface area contributed by atoms with Crippen molar-refractivity contribution < 1.29 is 14.1 Å². The van der Waals surface area contributed by atoms with Crippen molar-refractivity contribution in [3.63, 3.8) is 0 Å². The number of halogens is 1. The lowest BCUT2D eigenvalue weighted by atomic mass is 10.1. The number of carbonyl (C=O) groups is 1. The van der Waals surface area contributed by atoms with Crippen LogP contribution in [0.3, 0.4) is 0 Å². The van der Waals surface area contributed by atoms with E-state index in [2.05, 4.69) is 10.3 Å². The van der Waals surface area contributed by atoms with Crippen molar-refractivity contribution in [2.45, 2.75) is 6.42 Å². The van der Waals surface area contributed by atoms with Crippen LogP contribution in [-0.2, 0) is 11.2 Å². The van der Waals surface area contributed by atoms with Gasteiger partial charge >= 0.3 is 0 Å². The Labute approximate surface area is 202 Å². The summed E-state index contributed by atoms with van der Waals surface area (Å²) < 4.78 is 5.66. The number of thiazole rings is 1. The van der Waals surface area contributed by atoms with E-state index in [0.717, 1.165) is 10.4 Å². The molecular weight excluding hydrogens is 476 g/mol. The quantitative estimate of drug-likeness (QED) is 0.144. The molecule has 10 heteroatoms. The van der Waals surface area contributed by atoms with Crippen LogP contribution in [0, 0.1) is 21.4 Å². The zero-order chi connectivity index (χ0) is 24.1. The van der Waals surface area contributed by atoms with Crippen LogP contribution >= 0.6 is 22.9 Å². The first-order valence-corrected chi connectivity index (χ1v) is 11.1. The van der Waals surface area contributed by atoms with Gasteiger partial charge in [0.15, 0.2) is 5.13 Å². The van der Waals surface area contributed by atoms with Crippen molar-refractivity contribution >= 4 is 45.7 Å². The number of rotatable bonds is 7. The lowest BCUT2D eigenvalue weighted by Crippen LogP contribution is -2.13. The molecule has 0 bridgehead atoms. The van der Waals surface area contributed by atoms with Gasteiger partial charge in [0.2, 0.25) is 0 Å². The molecule has 0 radical (unpaired) electrons. The third-order valence-electron chi connectivity index (χ3n) is 4.66. The Kier molecular flexibility index (Phi) is 6.82. The molecule has 0 saturated carbocycles. The van der Waals surface area contributed by atoms with Gasteiger partial charge in [-0.05, 0) is 29.8 Å². The molecule has 2 aromatic carbocycles. The smallest absolute Gasteiger partial charge is 0.270 e. The SMILES string of the molecule is N#C/C(=C/c1ccc(-c2cccc([N+](=O)[O-])c2)o1)C(=O)Nc1ncc(Cc2cccc(Cl)c2)s1. The van der Waals surface area contributed by atoms with Crippen molar-refractivity contribution in [1.29, 1.82) is 5.26 Å². The van der Waals surface area contributed by atoms with Crippen LogP contribution < -0.4 is 5.32 Å². The number of non-ortho nitro benzene ring substituents is 1. The average Bonchev–Trinajstić information content (AvgIpc) is 3.47. The summed E-state index contributed by atoms with van der Waals surface area (Å²) in [5, 5.41) is 24.1. The first kappa shape index (κ1) is 22.9. The van der Waals surface area contributed by atoms with Crippen molar-refractivity contribution in [3.05, 3.63) is 104 Å². The molecule has 0 unspecified atom stereocenters. The van der Waals surface area contributed by atoms with Crippen molar-refractivity contribution in [2.75, 3.05) is 5.32 Å². The Morgan fingerprint density at radius 2 is 2.06 bits per heavy atom. The molecule has 4 aromatic rings. The van der Waals surface area contributed by atoms with Gasteiger partial charge in [-0.25, -0.2) is 4.98 Å². The minimum Gasteiger partial charge on any atom is -0.457 e. The summed E-state index contributed by atoms with van der Waals surface area (Å²) in [5.41, 5.74) is 1.28. The third kappa shape index (κ3) is 5.56. The lowest BCUT2D eigenvalue weighted by Gasteiger charge is -2.00. The summed E-state index contributed by atoms with van der Waals surface area (Å²) in [5.74, 6) is 0.00618. The first-order chi connectivity index (χ1) is 16.4.